The summed E-state index contributed by atoms with van der Waals surface area (Å²) in [6.07, 6.45) is 4.55. The Balaban J connectivity index is 1.88. The van der Waals surface area contributed by atoms with E-state index in [0.717, 1.165) is 25.0 Å². The monoisotopic (exact) mass is 296 g/mol. The van der Waals surface area contributed by atoms with E-state index in [1.54, 1.807) is 13.0 Å². The van der Waals surface area contributed by atoms with Gasteiger partial charge in [-0.3, -0.25) is 4.79 Å². The Morgan fingerprint density at radius 2 is 2.05 bits per heavy atom. The number of hydrogen-bond donors (Lipinski definition) is 1. The van der Waals surface area contributed by atoms with Gasteiger partial charge >= 0.3 is 0 Å². The summed E-state index contributed by atoms with van der Waals surface area (Å²) in [6, 6.07) is 6.03. The van der Waals surface area contributed by atoms with E-state index in [0.29, 0.717) is 11.3 Å². The molecule has 1 aliphatic rings. The van der Waals surface area contributed by atoms with Gasteiger partial charge in [0.2, 0.25) is 0 Å². The van der Waals surface area contributed by atoms with Gasteiger partial charge in [-0.15, -0.1) is 0 Å². The van der Waals surface area contributed by atoms with E-state index in [2.05, 4.69) is 36.5 Å². The van der Waals surface area contributed by atoms with Crippen LogP contribution in [0.5, 0.6) is 0 Å². The summed E-state index contributed by atoms with van der Waals surface area (Å²) >= 11 is 0. The molecule has 0 atom stereocenters. The quantitative estimate of drug-likeness (QED) is 0.860. The lowest BCUT2D eigenvalue weighted by atomic mass is 9.86. The Bertz CT molecular complexity index is 756. The number of hydrazone groups is 1. The minimum Gasteiger partial charge on any atom is -0.469 e. The average molecular weight is 296 g/mol. The number of nitrogens with zero attached hydrogens (tertiary/aromatic N) is 1. The Labute approximate surface area is 130 Å². The largest absolute Gasteiger partial charge is 0.469 e. The third kappa shape index (κ3) is 2.69. The number of nitrogens with one attached hydrogen (secondary N) is 1. The summed E-state index contributed by atoms with van der Waals surface area (Å²) in [4.78, 5) is 12.1. The zero-order chi connectivity index (χ0) is 15.7. The van der Waals surface area contributed by atoms with Crippen molar-refractivity contribution >= 4 is 11.6 Å². The van der Waals surface area contributed by atoms with Crippen molar-refractivity contribution in [1.82, 2.24) is 5.43 Å². The van der Waals surface area contributed by atoms with Crippen molar-refractivity contribution in [2.45, 2.75) is 40.0 Å². The number of benzene rings is 1. The molecule has 0 aliphatic heterocycles. The molecule has 4 heteroatoms. The van der Waals surface area contributed by atoms with Gasteiger partial charge in [0.15, 0.2) is 0 Å². The van der Waals surface area contributed by atoms with Crippen LogP contribution in [-0.2, 0) is 6.42 Å². The third-order valence-corrected chi connectivity index (χ3v) is 4.16. The number of amides is 1. The summed E-state index contributed by atoms with van der Waals surface area (Å²) < 4.78 is 5.16. The number of carbonyl (C=O) groups excluding carboxylic acids is 1. The fourth-order valence-corrected chi connectivity index (χ4v) is 3.07. The summed E-state index contributed by atoms with van der Waals surface area (Å²) in [5.41, 5.74) is 9.21. The third-order valence-electron chi connectivity index (χ3n) is 4.16. The van der Waals surface area contributed by atoms with Gasteiger partial charge in [-0.05, 0) is 63.3 Å². The smallest absolute Gasteiger partial charge is 0.274 e. The van der Waals surface area contributed by atoms with Gasteiger partial charge in [0.25, 0.3) is 5.91 Å². The number of aryl methyl sites for hydroxylation is 3. The molecular weight excluding hydrogens is 276 g/mol. The zero-order valence-electron chi connectivity index (χ0n) is 13.2. The summed E-state index contributed by atoms with van der Waals surface area (Å²) in [7, 11) is 0. The highest BCUT2D eigenvalue weighted by atomic mass is 16.3. The zero-order valence-corrected chi connectivity index (χ0v) is 13.2. The minimum absolute atomic E-state index is 0.227. The van der Waals surface area contributed by atoms with Crippen LogP contribution in [-0.4, -0.2) is 11.6 Å². The first-order valence-corrected chi connectivity index (χ1v) is 7.57. The lowest BCUT2D eigenvalue weighted by Gasteiger charge is -2.20. The number of hydrogen-bond acceptors (Lipinski definition) is 3. The summed E-state index contributed by atoms with van der Waals surface area (Å²) in [5, 5.41) is 4.38. The van der Waals surface area contributed by atoms with Crippen LogP contribution in [0.2, 0.25) is 0 Å². The molecule has 0 bridgehead atoms. The molecule has 3 rings (SSSR count). The van der Waals surface area contributed by atoms with Gasteiger partial charge in [-0.2, -0.15) is 5.10 Å². The van der Waals surface area contributed by atoms with Crippen LogP contribution in [0.1, 0.15) is 51.2 Å². The predicted octanol–water partition coefficient (Wildman–Crippen LogP) is 3.68. The molecule has 0 unspecified atom stereocenters. The molecule has 0 saturated carbocycles. The molecule has 4 nitrogen and oxygen atoms in total. The van der Waals surface area contributed by atoms with Gasteiger partial charge in [0.1, 0.15) is 5.76 Å². The highest BCUT2D eigenvalue weighted by Crippen LogP contribution is 2.26. The van der Waals surface area contributed by atoms with Gasteiger partial charge in [-0.25, -0.2) is 5.43 Å². The molecule has 1 aliphatic carbocycles. The molecule has 1 heterocycles. The molecule has 1 aromatic heterocycles. The Hall–Kier alpha value is -2.36. The van der Waals surface area contributed by atoms with Crippen LogP contribution < -0.4 is 5.43 Å². The van der Waals surface area contributed by atoms with Gasteiger partial charge < -0.3 is 4.42 Å². The molecule has 22 heavy (non-hydrogen) atoms. The van der Waals surface area contributed by atoms with Crippen LogP contribution in [0.3, 0.4) is 0 Å². The molecule has 1 N–H and O–H groups in total. The van der Waals surface area contributed by atoms with Crippen molar-refractivity contribution in [2.75, 3.05) is 0 Å². The fourth-order valence-electron chi connectivity index (χ4n) is 3.07. The van der Waals surface area contributed by atoms with Crippen LogP contribution in [0.15, 0.2) is 34.0 Å². The first kappa shape index (κ1) is 14.6. The van der Waals surface area contributed by atoms with Crippen LogP contribution in [0.4, 0.5) is 0 Å². The molecule has 2 aromatic rings. The molecule has 0 spiro atoms. The van der Waals surface area contributed by atoms with E-state index in [4.69, 9.17) is 4.42 Å². The van der Waals surface area contributed by atoms with Crippen molar-refractivity contribution in [3.05, 3.63) is 58.0 Å². The van der Waals surface area contributed by atoms with E-state index in [-0.39, 0.29) is 5.91 Å². The first-order chi connectivity index (χ1) is 10.6. The number of fused-ring (bicyclic) bond motifs is 1. The second-order valence-electron chi connectivity index (χ2n) is 5.85. The molecule has 0 fully saturated rings. The molecule has 1 amide bonds. The van der Waals surface area contributed by atoms with Crippen LogP contribution in [0.25, 0.3) is 0 Å². The van der Waals surface area contributed by atoms with E-state index < -0.39 is 0 Å². The van der Waals surface area contributed by atoms with Gasteiger partial charge in [-0.1, -0.05) is 11.6 Å². The minimum atomic E-state index is -0.227. The van der Waals surface area contributed by atoms with Gasteiger partial charge in [0.05, 0.1) is 17.5 Å². The Kier molecular flexibility index (Phi) is 3.84. The second kappa shape index (κ2) is 5.79. The van der Waals surface area contributed by atoms with E-state index in [9.17, 15) is 4.79 Å². The van der Waals surface area contributed by atoms with Crippen LogP contribution in [0, 0.1) is 20.8 Å². The van der Waals surface area contributed by atoms with E-state index in [1.807, 2.05) is 0 Å². The first-order valence-electron chi connectivity index (χ1n) is 7.57. The lowest BCUT2D eigenvalue weighted by molar-refractivity contribution is 0.0953. The average Bonchev–Trinajstić information content (AvgIpc) is 2.91. The van der Waals surface area contributed by atoms with Crippen molar-refractivity contribution in [3.8, 4) is 0 Å². The Morgan fingerprint density at radius 3 is 2.77 bits per heavy atom. The van der Waals surface area contributed by atoms with Crippen molar-refractivity contribution in [2.24, 2.45) is 5.10 Å². The fraction of sp³-hybridized carbons (Fsp3) is 0.333. The number of furan rings is 1. The normalized spacial score (nSPS) is 15.7. The van der Waals surface area contributed by atoms with E-state index in [1.165, 1.54) is 28.5 Å². The maximum Gasteiger partial charge on any atom is 0.274 e. The second-order valence-corrected chi connectivity index (χ2v) is 5.85. The van der Waals surface area contributed by atoms with Crippen molar-refractivity contribution in [3.63, 3.8) is 0 Å². The molecular formula is C18H20N2O2. The maximum absolute atomic E-state index is 12.1. The molecule has 1 aromatic carbocycles. The predicted molar refractivity (Wildman–Crippen MR) is 86.3 cm³/mol. The molecule has 0 radical (unpaired) electrons. The van der Waals surface area contributed by atoms with Crippen molar-refractivity contribution in [1.29, 1.82) is 0 Å². The maximum atomic E-state index is 12.1. The lowest BCUT2D eigenvalue weighted by Crippen LogP contribution is -2.22. The highest BCUT2D eigenvalue weighted by molar-refractivity contribution is 6.04. The topological polar surface area (TPSA) is 54.6 Å². The summed E-state index contributed by atoms with van der Waals surface area (Å²) in [5.74, 6) is 0.378. The highest BCUT2D eigenvalue weighted by Gasteiger charge is 2.18. The standard InChI is InChI=1S/C18H20N2O2/c1-11-9-12(2)14-5-4-6-17(16(14)10-11)19-20-18(21)15-7-8-22-13(15)3/h7-10H,4-6H2,1-3H3,(H,20,21)/b19-17-. The van der Waals surface area contributed by atoms with Gasteiger partial charge in [0, 0.05) is 5.56 Å². The van der Waals surface area contributed by atoms with E-state index >= 15 is 0 Å². The van der Waals surface area contributed by atoms with Crippen LogP contribution >= 0.6 is 0 Å². The molecule has 0 saturated heterocycles. The molecule has 114 valence electrons. The Morgan fingerprint density at radius 1 is 1.23 bits per heavy atom. The number of rotatable bonds is 2. The summed E-state index contributed by atoms with van der Waals surface area (Å²) in [6.45, 7) is 6.00. The number of carbonyl (C=O) groups is 1. The van der Waals surface area contributed by atoms with Crippen molar-refractivity contribution < 1.29 is 9.21 Å². The SMILES string of the molecule is Cc1cc(C)c2c(c1)/C(=N\NC(=O)c1ccoc1C)CCC2.